The Balaban J connectivity index is 3.14. The van der Waals surface area contributed by atoms with Crippen LogP contribution in [0.1, 0.15) is 51.7 Å². The van der Waals surface area contributed by atoms with E-state index in [-0.39, 0.29) is 16.8 Å². The lowest BCUT2D eigenvalue weighted by Gasteiger charge is -2.25. The molecular weight excluding hydrogens is 315 g/mol. The van der Waals surface area contributed by atoms with Crippen molar-refractivity contribution in [2.45, 2.75) is 64.8 Å². The SMILES string of the molecule is C[C@H](N)CCCc1cc(Cl)c(OC(F)(F)F)c(C(C)(C)C)c1. The number of alkyl halides is 3. The van der Waals surface area contributed by atoms with Gasteiger partial charge in [0, 0.05) is 11.6 Å². The molecule has 1 aromatic rings. The van der Waals surface area contributed by atoms with Crippen molar-refractivity contribution in [2.75, 3.05) is 0 Å². The number of nitrogens with two attached hydrogens (primary N) is 1. The van der Waals surface area contributed by atoms with E-state index in [1.165, 1.54) is 0 Å². The van der Waals surface area contributed by atoms with Crippen LogP contribution in [0.4, 0.5) is 13.2 Å². The maximum absolute atomic E-state index is 12.6. The minimum absolute atomic E-state index is 0.0134. The molecule has 0 aliphatic rings. The summed E-state index contributed by atoms with van der Waals surface area (Å²) in [6.45, 7) is 7.41. The van der Waals surface area contributed by atoms with E-state index in [2.05, 4.69) is 4.74 Å². The van der Waals surface area contributed by atoms with Crippen LogP contribution in [-0.2, 0) is 11.8 Å². The lowest BCUT2D eigenvalue weighted by molar-refractivity contribution is -0.275. The normalized spacial score (nSPS) is 14.0. The molecule has 0 aliphatic heterocycles. The smallest absolute Gasteiger partial charge is 0.404 e. The molecule has 0 spiro atoms. The molecule has 0 bridgehead atoms. The van der Waals surface area contributed by atoms with E-state index in [4.69, 9.17) is 17.3 Å². The molecule has 22 heavy (non-hydrogen) atoms. The van der Waals surface area contributed by atoms with Gasteiger partial charge in [0.2, 0.25) is 0 Å². The van der Waals surface area contributed by atoms with Gasteiger partial charge in [-0.2, -0.15) is 0 Å². The standard InChI is InChI=1S/C16H23ClF3NO/c1-10(21)6-5-7-11-8-12(15(2,3)4)14(13(17)9-11)22-16(18,19)20/h8-10H,5-7,21H2,1-4H3/t10-/m0/s1. The van der Waals surface area contributed by atoms with Gasteiger partial charge in [-0.15, -0.1) is 13.2 Å². The summed E-state index contributed by atoms with van der Waals surface area (Å²) in [5.74, 6) is -0.308. The maximum Gasteiger partial charge on any atom is 0.573 e. The maximum atomic E-state index is 12.6. The summed E-state index contributed by atoms with van der Waals surface area (Å²) in [6.07, 6.45) is -2.34. The second-order valence-corrected chi connectivity index (χ2v) is 7.03. The largest absolute Gasteiger partial charge is 0.573 e. The minimum atomic E-state index is -4.76. The fourth-order valence-electron chi connectivity index (χ4n) is 2.20. The van der Waals surface area contributed by atoms with E-state index in [0.29, 0.717) is 5.56 Å². The summed E-state index contributed by atoms with van der Waals surface area (Å²) in [6, 6.07) is 3.39. The Morgan fingerprint density at radius 2 is 1.82 bits per heavy atom. The molecule has 0 fully saturated rings. The molecule has 1 aromatic carbocycles. The van der Waals surface area contributed by atoms with Gasteiger partial charge < -0.3 is 10.5 Å². The molecule has 0 radical (unpaired) electrons. The predicted molar refractivity (Wildman–Crippen MR) is 83.4 cm³/mol. The summed E-state index contributed by atoms with van der Waals surface area (Å²) in [4.78, 5) is 0. The van der Waals surface area contributed by atoms with Gasteiger partial charge in [0.25, 0.3) is 0 Å². The highest BCUT2D eigenvalue weighted by Crippen LogP contribution is 2.40. The molecule has 2 nitrogen and oxygen atoms in total. The summed E-state index contributed by atoms with van der Waals surface area (Å²) in [5.41, 5.74) is 6.54. The zero-order valence-corrected chi connectivity index (χ0v) is 14.1. The van der Waals surface area contributed by atoms with Crippen LogP contribution >= 0.6 is 11.6 Å². The molecule has 1 rings (SSSR count). The van der Waals surface area contributed by atoms with Crippen LogP contribution < -0.4 is 10.5 Å². The predicted octanol–water partition coefficient (Wildman–Crippen LogP) is 5.21. The van der Waals surface area contributed by atoms with Crippen LogP contribution in [0.15, 0.2) is 12.1 Å². The average molecular weight is 338 g/mol. The van der Waals surface area contributed by atoms with Gasteiger partial charge in [-0.3, -0.25) is 0 Å². The highest BCUT2D eigenvalue weighted by Gasteiger charge is 2.35. The second-order valence-electron chi connectivity index (χ2n) is 6.62. The van der Waals surface area contributed by atoms with Crippen LogP contribution in [0.3, 0.4) is 0 Å². The molecule has 0 saturated heterocycles. The first-order valence-electron chi connectivity index (χ1n) is 7.24. The Labute approximate surface area is 134 Å². The fourth-order valence-corrected chi connectivity index (χ4v) is 2.48. The van der Waals surface area contributed by atoms with Crippen molar-refractivity contribution in [3.05, 3.63) is 28.3 Å². The van der Waals surface area contributed by atoms with Crippen molar-refractivity contribution in [1.82, 2.24) is 0 Å². The third-order valence-corrected chi connectivity index (χ3v) is 3.53. The Bertz CT molecular complexity index is 507. The molecule has 1 atom stereocenters. The van der Waals surface area contributed by atoms with E-state index in [1.54, 1.807) is 12.1 Å². The van der Waals surface area contributed by atoms with Gasteiger partial charge in [-0.05, 0) is 43.2 Å². The highest BCUT2D eigenvalue weighted by atomic mass is 35.5. The molecule has 126 valence electrons. The molecule has 0 heterocycles. The average Bonchev–Trinajstić information content (AvgIpc) is 2.28. The van der Waals surface area contributed by atoms with Crippen molar-refractivity contribution in [3.8, 4) is 5.75 Å². The summed E-state index contributed by atoms with van der Waals surface area (Å²) >= 11 is 6.04. The Kier molecular flexibility index (Phi) is 6.16. The molecule has 0 saturated carbocycles. The molecule has 0 unspecified atom stereocenters. The van der Waals surface area contributed by atoms with E-state index in [0.717, 1.165) is 24.8 Å². The van der Waals surface area contributed by atoms with Gasteiger partial charge >= 0.3 is 6.36 Å². The zero-order valence-electron chi connectivity index (χ0n) is 13.4. The molecule has 0 aliphatic carbocycles. The Hall–Kier alpha value is -0.940. The van der Waals surface area contributed by atoms with Crippen molar-refractivity contribution in [2.24, 2.45) is 5.73 Å². The number of ether oxygens (including phenoxy) is 1. The minimum Gasteiger partial charge on any atom is -0.404 e. The lowest BCUT2D eigenvalue weighted by Crippen LogP contribution is -2.22. The van der Waals surface area contributed by atoms with Gasteiger partial charge in [0.1, 0.15) is 0 Å². The third kappa shape index (κ3) is 6.05. The molecule has 6 heteroatoms. The Morgan fingerprint density at radius 3 is 2.27 bits per heavy atom. The van der Waals surface area contributed by atoms with Crippen molar-refractivity contribution < 1.29 is 17.9 Å². The molecule has 0 aromatic heterocycles. The summed E-state index contributed by atoms with van der Waals surface area (Å²) in [5, 5.41) is -0.0134. The quantitative estimate of drug-likeness (QED) is 0.800. The topological polar surface area (TPSA) is 35.2 Å². The van der Waals surface area contributed by atoms with Gasteiger partial charge in [0.15, 0.2) is 5.75 Å². The van der Waals surface area contributed by atoms with E-state index in [1.807, 2.05) is 27.7 Å². The van der Waals surface area contributed by atoms with E-state index in [9.17, 15) is 13.2 Å². The van der Waals surface area contributed by atoms with Crippen molar-refractivity contribution in [3.63, 3.8) is 0 Å². The number of aryl methyl sites for hydroxylation is 1. The monoisotopic (exact) mass is 337 g/mol. The first-order valence-corrected chi connectivity index (χ1v) is 7.62. The molecular formula is C16H23ClF3NO. The van der Waals surface area contributed by atoms with Crippen LogP contribution in [0.25, 0.3) is 0 Å². The highest BCUT2D eigenvalue weighted by molar-refractivity contribution is 6.32. The lowest BCUT2D eigenvalue weighted by atomic mass is 9.84. The summed E-state index contributed by atoms with van der Waals surface area (Å²) < 4.78 is 41.9. The second kappa shape index (κ2) is 7.09. The molecule has 2 N–H and O–H groups in total. The van der Waals surface area contributed by atoms with Crippen LogP contribution in [0.2, 0.25) is 5.02 Å². The first-order chi connectivity index (χ1) is 9.90. The fraction of sp³-hybridized carbons (Fsp3) is 0.625. The van der Waals surface area contributed by atoms with Crippen LogP contribution in [-0.4, -0.2) is 12.4 Å². The van der Waals surface area contributed by atoms with E-state index < -0.39 is 11.8 Å². The van der Waals surface area contributed by atoms with Crippen molar-refractivity contribution in [1.29, 1.82) is 0 Å². The number of rotatable bonds is 5. The number of benzene rings is 1. The number of hydrogen-bond donors (Lipinski definition) is 1. The van der Waals surface area contributed by atoms with Crippen LogP contribution in [0.5, 0.6) is 5.75 Å². The van der Waals surface area contributed by atoms with Gasteiger partial charge in [-0.25, -0.2) is 0 Å². The van der Waals surface area contributed by atoms with Crippen molar-refractivity contribution >= 4 is 11.6 Å². The zero-order chi connectivity index (χ0) is 17.1. The molecule has 0 amide bonds. The first kappa shape index (κ1) is 19.1. The summed E-state index contributed by atoms with van der Waals surface area (Å²) in [7, 11) is 0. The number of halogens is 4. The van der Waals surface area contributed by atoms with Gasteiger partial charge in [0.05, 0.1) is 5.02 Å². The van der Waals surface area contributed by atoms with Gasteiger partial charge in [-0.1, -0.05) is 38.4 Å². The third-order valence-electron chi connectivity index (χ3n) is 3.25. The van der Waals surface area contributed by atoms with E-state index >= 15 is 0 Å². The Morgan fingerprint density at radius 1 is 1.23 bits per heavy atom. The number of hydrogen-bond acceptors (Lipinski definition) is 2. The van der Waals surface area contributed by atoms with Crippen LogP contribution in [0, 0.1) is 0 Å².